The largest absolute Gasteiger partial charge is 0.477 e. The number of aromatic nitrogens is 4. The Bertz CT molecular complexity index is 6010. The lowest BCUT2D eigenvalue weighted by Crippen LogP contribution is -2.32. The van der Waals surface area contributed by atoms with E-state index < -0.39 is 32.8 Å². The summed E-state index contributed by atoms with van der Waals surface area (Å²) in [7, 11) is 0. The van der Waals surface area contributed by atoms with E-state index in [1.54, 1.807) is 154 Å². The van der Waals surface area contributed by atoms with Gasteiger partial charge in [-0.15, -0.1) is 12.4 Å². The second-order valence-corrected chi connectivity index (χ2v) is 29.8. The quantitative estimate of drug-likeness (QED) is 0.0130. The van der Waals surface area contributed by atoms with E-state index >= 15 is 0 Å². The number of hydrogen-bond acceptors (Lipinski definition) is 19. The van der Waals surface area contributed by atoms with Crippen LogP contribution in [0.5, 0.6) is 0 Å². The smallest absolute Gasteiger partial charge is 0.407 e. The van der Waals surface area contributed by atoms with Gasteiger partial charge in [-0.2, -0.15) is 10.2 Å². The van der Waals surface area contributed by atoms with Crippen molar-refractivity contribution in [3.05, 3.63) is 416 Å². The number of aromatic carboxylic acids is 1. The van der Waals surface area contributed by atoms with Gasteiger partial charge in [-0.3, -0.25) is 49.0 Å². The Morgan fingerprint density at radius 2 is 0.722 bits per heavy atom. The average molecular weight is 1840 g/mol. The van der Waals surface area contributed by atoms with Gasteiger partial charge in [0.25, 0.3) is 46.2 Å². The van der Waals surface area contributed by atoms with Crippen molar-refractivity contribution < 1.29 is 58.0 Å². The number of ether oxygens (including phenoxy) is 1. The first-order valence-electron chi connectivity index (χ1n) is 41.5. The molecule has 0 unspecified atom stereocenters. The van der Waals surface area contributed by atoms with Crippen molar-refractivity contribution in [2.45, 2.75) is 80.9 Å². The number of benzene rings is 12. The van der Waals surface area contributed by atoms with Crippen LogP contribution < -0.4 is 49.1 Å². The van der Waals surface area contributed by atoms with Gasteiger partial charge in [0.05, 0.1) is 32.6 Å². The van der Waals surface area contributed by atoms with Gasteiger partial charge in [-0.25, -0.2) is 19.0 Å². The summed E-state index contributed by atoms with van der Waals surface area (Å²) in [6.07, 6.45) is 0.391. The molecule has 6 amide bonds. The molecule has 32 heteroatoms. The van der Waals surface area contributed by atoms with Crippen LogP contribution in [0.1, 0.15) is 144 Å². The number of rotatable bonds is 22. The molecule has 0 radical (unpaired) electrons. The molecule has 133 heavy (non-hydrogen) atoms. The number of nitro groups is 2. The molecule has 688 valence electrons. The van der Waals surface area contributed by atoms with Crippen LogP contribution in [0, 0.1) is 34.1 Å². The number of hydrogen-bond donors (Lipinski definition) is 10. The molecule has 14 aromatic rings. The lowest BCUT2D eigenvalue weighted by molar-refractivity contribution is -0.385. The summed E-state index contributed by atoms with van der Waals surface area (Å²) >= 11 is 5.12. The zero-order valence-electron chi connectivity index (χ0n) is 74.7. The molecule has 13 N–H and O–H groups in total. The van der Waals surface area contributed by atoms with Crippen LogP contribution in [-0.4, -0.2) is 111 Å². The van der Waals surface area contributed by atoms with E-state index in [0.29, 0.717) is 62.2 Å². The van der Waals surface area contributed by atoms with E-state index in [-0.39, 0.29) is 76.7 Å². The first-order chi connectivity index (χ1) is 63.2. The fraction of sp³-hybridized carbons (Fsp3) is 0.149. The van der Waals surface area contributed by atoms with E-state index in [9.17, 15) is 63.7 Å². The Labute approximate surface area is 782 Å². The minimum atomic E-state index is -1.05. The van der Waals surface area contributed by atoms with Crippen molar-refractivity contribution >= 4 is 128 Å². The van der Waals surface area contributed by atoms with E-state index in [0.717, 1.165) is 46.5 Å². The number of carboxylic acids is 1. The van der Waals surface area contributed by atoms with Crippen molar-refractivity contribution in [2.24, 2.45) is 0 Å². The van der Waals surface area contributed by atoms with Crippen LogP contribution in [0.2, 0.25) is 0 Å². The number of alkyl carbamates (subject to hydrolysis) is 1. The zero-order valence-corrected chi connectivity index (χ0v) is 76.3. The molecule has 0 atom stereocenters. The minimum Gasteiger partial charge on any atom is -0.477 e. The molecule has 2 heterocycles. The molecule has 0 aliphatic carbocycles. The second kappa shape index (κ2) is 54.7. The van der Waals surface area contributed by atoms with Crippen LogP contribution in [-0.2, 0) is 17.7 Å². The summed E-state index contributed by atoms with van der Waals surface area (Å²) in [6, 6.07) is 96.1. The van der Waals surface area contributed by atoms with Crippen molar-refractivity contribution in [3.63, 3.8) is 0 Å². The monoisotopic (exact) mass is 1840 g/mol. The third-order valence-electron chi connectivity index (χ3n) is 18.2. The Morgan fingerprint density at radius 3 is 1.08 bits per heavy atom. The van der Waals surface area contributed by atoms with Crippen LogP contribution in [0.15, 0.2) is 334 Å². The third-order valence-corrected chi connectivity index (χ3v) is 18.4. The van der Waals surface area contributed by atoms with Crippen LogP contribution in [0.25, 0.3) is 11.4 Å². The Morgan fingerprint density at radius 1 is 0.398 bits per heavy atom. The summed E-state index contributed by atoms with van der Waals surface area (Å²) in [6.45, 7) is 21.4. The van der Waals surface area contributed by atoms with Crippen LogP contribution in [0.4, 0.5) is 61.7 Å². The molecular formula is C101H106Cl2N16O14. The number of nitrogens with zero attached hydrogens (tertiary/aromatic N) is 7. The van der Waals surface area contributed by atoms with E-state index in [1.165, 1.54) is 78.4 Å². The first kappa shape index (κ1) is 105. The number of halogens is 2. The number of carboxylic acid groups (broad SMARTS) is 1. The standard InChI is InChI=1S/C26H24N4O2.C17H21N3O4.C13H10N2O3.2C13H12N2O.C7H4ClNO3.C6H7N.C6H15N.ClH/c1-3-19-9-7-14-23(16-19)30-24(15-18(2)29-30)26(32)28-22-13-8-10-20(17-22)25(31)27-21-11-5-4-6-12-21;1-11-8-14(15(21)22)20(19-11)13-7-5-6-12(9-13)10-18-16(23)24-17(2,3)4;16-13(14-11-6-2-1-3-7-11)10-5-4-8-12(9-10)15(17)18;2*14-11-6-4-5-10(9-11)13(16)15-12-7-2-1-3-8-12;8-7(10)5-2-1-3-6(4-5)9(11)12;7-6-4-2-1-3-5-6;1-4-7(5-2)6-3;/h4-17H,3H2,1-2H3,(H,27,31)(H,28,32);5-9H,10H2,1-4H3,(H,18,23)(H,21,22);1-9H,(H,14,16);2*1-9H,14H2,(H,15,16);1-4H;1-5H,7H2;4-6H2,1-3H3;1H. The van der Waals surface area contributed by atoms with Gasteiger partial charge < -0.3 is 63.8 Å². The van der Waals surface area contributed by atoms with E-state index in [4.69, 9.17) is 33.5 Å². The number of nitrogens with one attached hydrogen (secondary N) is 6. The Hall–Kier alpha value is -16.4. The molecule has 0 bridgehead atoms. The number of nitrogens with two attached hydrogens (primary N) is 3. The van der Waals surface area contributed by atoms with Crippen molar-refractivity contribution in [3.8, 4) is 11.4 Å². The number of nitro benzene ring substituents is 2. The molecule has 2 aromatic heterocycles. The van der Waals surface area contributed by atoms with Gasteiger partial charge in [-0.05, 0) is 247 Å². The number of aryl methyl sites for hydroxylation is 3. The molecule has 12 aromatic carbocycles. The molecule has 0 saturated carbocycles. The normalized spacial score (nSPS) is 10.1. The lowest BCUT2D eigenvalue weighted by Gasteiger charge is -2.19. The summed E-state index contributed by atoms with van der Waals surface area (Å²) in [5.41, 5.74) is 28.5. The molecule has 0 aliphatic rings. The highest BCUT2D eigenvalue weighted by atomic mass is 35.5. The number of anilines is 8. The first-order valence-corrected chi connectivity index (χ1v) is 41.9. The fourth-order valence-corrected chi connectivity index (χ4v) is 11.8. The summed E-state index contributed by atoms with van der Waals surface area (Å²) in [5.74, 6) is -2.27. The van der Waals surface area contributed by atoms with Crippen molar-refractivity contribution in [1.82, 2.24) is 29.8 Å². The van der Waals surface area contributed by atoms with E-state index in [2.05, 4.69) is 74.7 Å². The lowest BCUT2D eigenvalue weighted by atomic mass is 10.1. The van der Waals surface area contributed by atoms with Crippen LogP contribution >= 0.6 is 24.0 Å². The number of non-ortho nitro benzene ring substituents is 2. The molecule has 0 spiro atoms. The molecule has 14 rings (SSSR count). The molecule has 0 fully saturated rings. The zero-order chi connectivity index (χ0) is 96.1. The van der Waals surface area contributed by atoms with Gasteiger partial charge >= 0.3 is 12.1 Å². The summed E-state index contributed by atoms with van der Waals surface area (Å²) in [5, 5.41) is 54.8. The number of para-hydroxylation sites is 5. The molecular weight excluding hydrogens is 1730 g/mol. The highest BCUT2D eigenvalue weighted by Gasteiger charge is 2.21. The third kappa shape index (κ3) is 37.4. The molecule has 0 aliphatic heterocycles. The van der Waals surface area contributed by atoms with Gasteiger partial charge in [0.2, 0.25) is 0 Å². The minimum absolute atomic E-state index is 0. The maximum absolute atomic E-state index is 13.1. The summed E-state index contributed by atoms with van der Waals surface area (Å²) in [4.78, 5) is 117. The number of amides is 6. The fourth-order valence-electron chi connectivity index (χ4n) is 11.7. The van der Waals surface area contributed by atoms with Gasteiger partial charge in [-0.1, -0.05) is 173 Å². The maximum Gasteiger partial charge on any atom is 0.407 e. The van der Waals surface area contributed by atoms with E-state index in [1.807, 2.05) is 165 Å². The highest BCUT2D eigenvalue weighted by molar-refractivity contribution is 6.67. The van der Waals surface area contributed by atoms with Gasteiger partial charge in [0.1, 0.15) is 11.3 Å². The predicted molar refractivity (Wildman–Crippen MR) is 528 cm³/mol. The molecule has 0 saturated heterocycles. The molecule has 30 nitrogen and oxygen atoms in total. The second-order valence-electron chi connectivity index (χ2n) is 29.5. The van der Waals surface area contributed by atoms with Crippen molar-refractivity contribution in [2.75, 3.05) is 63.4 Å². The SMILES string of the molecule is CCN(CC)CC.CCc1cccc(-n2nc(C)cc2C(=O)Nc2cccc(C(=O)Nc3ccccc3)c2)c1.Cc1cc(C(=O)O)n(-c2cccc(CNC(=O)OC(C)(C)C)c2)n1.Cl.Nc1cccc(C(=O)Nc2ccccc2)c1.Nc1cccc(C(=O)Nc2ccccc2)c1.Nc1ccccc1.O=C(Cl)c1cccc([N+](=O)[O-])c1.O=C(Nc1ccccc1)c1cccc([N+](=O)[O-])c1. The van der Waals surface area contributed by atoms with Gasteiger partial charge in [0, 0.05) is 104 Å². The predicted octanol–water partition coefficient (Wildman–Crippen LogP) is 21.1. The maximum atomic E-state index is 13.1. The van der Waals surface area contributed by atoms with Crippen LogP contribution in [0.3, 0.4) is 0 Å². The van der Waals surface area contributed by atoms with Gasteiger partial charge in [0.15, 0.2) is 5.69 Å². The number of nitrogen functional groups attached to an aromatic ring is 3. The topological polar surface area (TPSA) is 441 Å². The Balaban J connectivity index is 0.000000243. The average Bonchev–Trinajstić information content (AvgIpc) is 1.68. The number of carbonyl (C=O) groups excluding carboxylic acids is 7. The summed E-state index contributed by atoms with van der Waals surface area (Å²) < 4.78 is 8.20. The Kier molecular flexibility index (Phi) is 43.3. The number of carbonyl (C=O) groups is 8. The van der Waals surface area contributed by atoms with Crippen molar-refractivity contribution in [1.29, 1.82) is 0 Å². The highest BCUT2D eigenvalue weighted by Crippen LogP contribution is 2.23.